The van der Waals surface area contributed by atoms with E-state index in [1.807, 2.05) is 11.5 Å². The topological polar surface area (TPSA) is 74.3 Å². The first kappa shape index (κ1) is 22.5. The van der Waals surface area contributed by atoms with Crippen molar-refractivity contribution in [3.63, 3.8) is 0 Å². The lowest BCUT2D eigenvalue weighted by Gasteiger charge is -2.11. The molecule has 2 N–H and O–H groups in total. The van der Waals surface area contributed by atoms with E-state index in [9.17, 15) is 9.59 Å². The van der Waals surface area contributed by atoms with Crippen LogP contribution in [0.25, 0.3) is 5.69 Å². The molecule has 0 unspecified atom stereocenters. The second-order valence-corrected chi connectivity index (χ2v) is 8.22. The molecule has 0 aliphatic carbocycles. The zero-order chi connectivity index (χ0) is 22.2. The van der Waals surface area contributed by atoms with Crippen molar-refractivity contribution in [1.29, 1.82) is 0 Å². The van der Waals surface area contributed by atoms with Gasteiger partial charge in [-0.2, -0.15) is 0 Å². The van der Waals surface area contributed by atoms with E-state index in [1.165, 1.54) is 12.1 Å². The van der Waals surface area contributed by atoms with Gasteiger partial charge < -0.3 is 15.0 Å². The molecule has 2 aromatic carbocycles. The third-order valence-electron chi connectivity index (χ3n) is 4.54. The summed E-state index contributed by atoms with van der Waals surface area (Å²) in [7, 11) is 0. The Morgan fingerprint density at radius 1 is 0.933 bits per heavy atom. The second kappa shape index (κ2) is 8.90. The van der Waals surface area contributed by atoms with Crippen LogP contribution in [0.2, 0.25) is 20.1 Å². The van der Waals surface area contributed by atoms with Crippen molar-refractivity contribution in [2.24, 2.45) is 0 Å². The van der Waals surface area contributed by atoms with Crippen LogP contribution < -0.4 is 5.73 Å². The Hall–Kier alpha value is -2.18. The fraction of sp³-hybridized carbons (Fsp3) is 0.143. The normalized spacial score (nSPS) is 10.9. The largest absolute Gasteiger partial charge is 0.454 e. The number of esters is 1. The number of hydrogen-bond donors (Lipinski definition) is 1. The molecule has 30 heavy (non-hydrogen) atoms. The van der Waals surface area contributed by atoms with Gasteiger partial charge in [0.25, 0.3) is 0 Å². The molecule has 0 atom stereocenters. The van der Waals surface area contributed by atoms with Crippen LogP contribution in [0.5, 0.6) is 0 Å². The number of aromatic nitrogens is 1. The quantitative estimate of drug-likeness (QED) is 0.260. The Morgan fingerprint density at radius 3 is 2.30 bits per heavy atom. The molecule has 9 heteroatoms. The summed E-state index contributed by atoms with van der Waals surface area (Å²) in [5.41, 5.74) is 8.51. The smallest absolute Gasteiger partial charge is 0.340 e. The van der Waals surface area contributed by atoms with Gasteiger partial charge in [-0.15, -0.1) is 0 Å². The second-order valence-electron chi connectivity index (χ2n) is 6.57. The monoisotopic (exact) mass is 484 g/mol. The molecule has 0 aliphatic heterocycles. The third-order valence-corrected chi connectivity index (χ3v) is 5.81. The number of nitrogen functional groups attached to an aromatic ring is 1. The van der Waals surface area contributed by atoms with Gasteiger partial charge in [0.2, 0.25) is 5.78 Å². The highest BCUT2D eigenvalue weighted by Gasteiger charge is 2.21. The van der Waals surface area contributed by atoms with Gasteiger partial charge in [0.15, 0.2) is 6.61 Å². The molecule has 0 amide bonds. The van der Waals surface area contributed by atoms with Gasteiger partial charge in [-0.05, 0) is 50.2 Å². The Balaban J connectivity index is 1.81. The van der Waals surface area contributed by atoms with E-state index in [0.717, 1.165) is 11.4 Å². The molecule has 1 heterocycles. The summed E-state index contributed by atoms with van der Waals surface area (Å²) >= 11 is 23.9. The Bertz CT molecular complexity index is 1170. The summed E-state index contributed by atoms with van der Waals surface area (Å²) < 4.78 is 7.01. The molecule has 0 saturated carbocycles. The molecule has 5 nitrogen and oxygen atoms in total. The van der Waals surface area contributed by atoms with Crippen molar-refractivity contribution < 1.29 is 14.3 Å². The summed E-state index contributed by atoms with van der Waals surface area (Å²) in [6.45, 7) is 3.18. The molecule has 156 valence electrons. The van der Waals surface area contributed by atoms with Gasteiger partial charge in [-0.25, -0.2) is 4.79 Å². The van der Waals surface area contributed by atoms with Crippen LogP contribution in [-0.4, -0.2) is 22.9 Å². The molecular weight excluding hydrogens is 470 g/mol. The Kier molecular flexibility index (Phi) is 6.68. The van der Waals surface area contributed by atoms with E-state index in [0.29, 0.717) is 21.3 Å². The van der Waals surface area contributed by atoms with Gasteiger partial charge >= 0.3 is 5.97 Å². The fourth-order valence-electron chi connectivity index (χ4n) is 3.11. The number of anilines is 1. The number of nitrogens with two attached hydrogens (primary N) is 1. The summed E-state index contributed by atoms with van der Waals surface area (Å²) in [6.07, 6.45) is 0. The van der Waals surface area contributed by atoms with Crippen molar-refractivity contribution in [2.45, 2.75) is 13.8 Å². The maximum absolute atomic E-state index is 12.7. The van der Waals surface area contributed by atoms with E-state index >= 15 is 0 Å². The zero-order valence-electron chi connectivity index (χ0n) is 15.9. The van der Waals surface area contributed by atoms with Crippen molar-refractivity contribution in [3.8, 4) is 5.69 Å². The number of rotatable bonds is 5. The SMILES string of the molecule is Cc1cc(C(=O)COC(=O)c2cc(Cl)cc(Cl)c2N)c(C)n1-c1ccc(Cl)c(Cl)c1. The van der Waals surface area contributed by atoms with Crippen molar-refractivity contribution >= 4 is 63.8 Å². The molecule has 3 rings (SSSR count). The molecule has 0 fully saturated rings. The van der Waals surface area contributed by atoms with Crippen molar-refractivity contribution in [1.82, 2.24) is 4.57 Å². The summed E-state index contributed by atoms with van der Waals surface area (Å²) in [5.74, 6) is -1.15. The number of halogens is 4. The average Bonchev–Trinajstić information content (AvgIpc) is 2.99. The number of nitrogens with zero attached hydrogens (tertiary/aromatic N) is 1. The number of aryl methyl sites for hydroxylation is 1. The van der Waals surface area contributed by atoms with E-state index in [2.05, 4.69) is 0 Å². The zero-order valence-corrected chi connectivity index (χ0v) is 19.0. The van der Waals surface area contributed by atoms with Gasteiger partial charge in [0.05, 0.1) is 26.3 Å². The molecule has 0 bridgehead atoms. The van der Waals surface area contributed by atoms with Crippen LogP contribution in [0.1, 0.15) is 32.1 Å². The first-order valence-electron chi connectivity index (χ1n) is 8.69. The van der Waals surface area contributed by atoms with E-state index in [1.54, 1.807) is 31.2 Å². The maximum Gasteiger partial charge on any atom is 0.340 e. The standard InChI is InChI=1S/C21H16Cl4N2O3/c1-10-5-14(11(2)27(10)13-3-4-16(23)17(24)8-13)19(28)9-30-21(29)15-6-12(22)7-18(25)20(15)26/h3-8H,9,26H2,1-2H3. The number of carbonyl (C=O) groups excluding carboxylic acids is 2. The molecule has 0 radical (unpaired) electrons. The van der Waals surface area contributed by atoms with Crippen LogP contribution in [0, 0.1) is 13.8 Å². The van der Waals surface area contributed by atoms with E-state index in [-0.39, 0.29) is 27.1 Å². The number of benzene rings is 2. The predicted molar refractivity (Wildman–Crippen MR) is 121 cm³/mol. The van der Waals surface area contributed by atoms with E-state index in [4.69, 9.17) is 56.9 Å². The van der Waals surface area contributed by atoms with Gasteiger partial charge in [0.1, 0.15) is 0 Å². The maximum atomic E-state index is 12.7. The van der Waals surface area contributed by atoms with Crippen LogP contribution in [0.3, 0.4) is 0 Å². The number of ketones is 1. The van der Waals surface area contributed by atoms with Crippen LogP contribution in [-0.2, 0) is 4.74 Å². The van der Waals surface area contributed by atoms with Crippen LogP contribution in [0.4, 0.5) is 5.69 Å². The highest BCUT2D eigenvalue weighted by atomic mass is 35.5. The van der Waals surface area contributed by atoms with Crippen molar-refractivity contribution in [2.75, 3.05) is 12.3 Å². The third kappa shape index (κ3) is 4.44. The molecular formula is C21H16Cl4N2O3. The number of carbonyl (C=O) groups is 2. The average molecular weight is 486 g/mol. The predicted octanol–water partition coefficient (Wildman–Crippen LogP) is 6.33. The minimum Gasteiger partial charge on any atom is -0.454 e. The molecule has 0 saturated heterocycles. The number of ether oxygens (including phenoxy) is 1. The van der Waals surface area contributed by atoms with Crippen LogP contribution in [0.15, 0.2) is 36.4 Å². The molecule has 0 aliphatic rings. The minimum absolute atomic E-state index is 0.00146. The summed E-state index contributed by atoms with van der Waals surface area (Å²) in [4.78, 5) is 25.1. The minimum atomic E-state index is -0.788. The molecule has 3 aromatic rings. The Morgan fingerprint density at radius 2 is 1.63 bits per heavy atom. The van der Waals surface area contributed by atoms with Crippen LogP contribution >= 0.6 is 46.4 Å². The number of Topliss-reactive ketones (excluding diaryl/α,β-unsaturated/α-hetero) is 1. The lowest BCUT2D eigenvalue weighted by molar-refractivity contribution is 0.0475. The lowest BCUT2D eigenvalue weighted by Crippen LogP contribution is -2.16. The lowest BCUT2D eigenvalue weighted by atomic mass is 10.1. The first-order chi connectivity index (χ1) is 14.1. The van der Waals surface area contributed by atoms with E-state index < -0.39 is 12.6 Å². The van der Waals surface area contributed by atoms with Gasteiger partial charge in [0, 0.05) is 27.7 Å². The molecule has 1 aromatic heterocycles. The Labute approximate surface area is 193 Å². The summed E-state index contributed by atoms with van der Waals surface area (Å²) in [5, 5.41) is 1.20. The highest BCUT2D eigenvalue weighted by molar-refractivity contribution is 6.42. The highest BCUT2D eigenvalue weighted by Crippen LogP contribution is 2.29. The van der Waals surface area contributed by atoms with Gasteiger partial charge in [-0.3, -0.25) is 4.79 Å². The molecule has 0 spiro atoms. The fourth-order valence-corrected chi connectivity index (χ4v) is 3.89. The van der Waals surface area contributed by atoms with Gasteiger partial charge in [-0.1, -0.05) is 46.4 Å². The first-order valence-corrected chi connectivity index (χ1v) is 10.2. The summed E-state index contributed by atoms with van der Waals surface area (Å²) in [6, 6.07) is 9.67. The van der Waals surface area contributed by atoms with Crippen molar-refractivity contribution in [3.05, 3.63) is 79.0 Å². The number of hydrogen-bond acceptors (Lipinski definition) is 4.